The van der Waals surface area contributed by atoms with E-state index < -0.39 is 5.97 Å². The Morgan fingerprint density at radius 2 is 1.94 bits per heavy atom. The number of aromatic nitrogens is 2. The van der Waals surface area contributed by atoms with Crippen LogP contribution in [0.15, 0.2) is 54.0 Å². The third-order valence-corrected chi connectivity index (χ3v) is 7.49. The summed E-state index contributed by atoms with van der Waals surface area (Å²) in [5.74, 6) is 0.534. The number of carbonyl (C=O) groups excluding carboxylic acids is 1. The number of thiazole rings is 1. The van der Waals surface area contributed by atoms with E-state index in [1.54, 1.807) is 42.0 Å². The van der Waals surface area contributed by atoms with E-state index in [4.69, 9.17) is 19.3 Å². The van der Waals surface area contributed by atoms with Gasteiger partial charge in [0.1, 0.15) is 30.5 Å². The molecule has 1 aliphatic rings. The van der Waals surface area contributed by atoms with E-state index in [9.17, 15) is 9.90 Å². The molecule has 1 fully saturated rings. The highest BCUT2D eigenvalue weighted by Crippen LogP contribution is 2.48. The summed E-state index contributed by atoms with van der Waals surface area (Å²) in [5.41, 5.74) is 2.83. The minimum atomic E-state index is -1.03. The van der Waals surface area contributed by atoms with Gasteiger partial charge in [0.25, 0.3) is 0 Å². The molecule has 8 nitrogen and oxygen atoms in total. The van der Waals surface area contributed by atoms with Gasteiger partial charge < -0.3 is 24.7 Å². The number of anilines is 2. The molecule has 0 radical (unpaired) electrons. The molecule has 36 heavy (non-hydrogen) atoms. The van der Waals surface area contributed by atoms with Gasteiger partial charge in [0.05, 0.1) is 12.3 Å². The molecule has 10 heteroatoms. The maximum atomic E-state index is 12.0. The first-order valence-electron chi connectivity index (χ1n) is 11.2. The number of nitrogens with one attached hydrogen (secondary N) is 1. The zero-order chi connectivity index (χ0) is 25.5. The van der Waals surface area contributed by atoms with Crippen LogP contribution in [0.1, 0.15) is 34.0 Å². The molecule has 0 spiro atoms. The summed E-state index contributed by atoms with van der Waals surface area (Å²) in [6, 6.07) is 13.4. The first kappa shape index (κ1) is 25.5. The lowest BCUT2D eigenvalue weighted by atomic mass is 10.1. The third kappa shape index (κ3) is 5.96. The van der Waals surface area contributed by atoms with Crippen LogP contribution in [0, 0.1) is 0 Å². The average Bonchev–Trinajstić information content (AvgIpc) is 3.43. The van der Waals surface area contributed by atoms with Crippen molar-refractivity contribution in [2.75, 3.05) is 25.6 Å². The normalized spacial score (nSPS) is 12.5. The van der Waals surface area contributed by atoms with E-state index >= 15 is 0 Å². The smallest absolute Gasteiger partial charge is 0.339 e. The molecular weight excluding hydrogens is 498 g/mol. The summed E-state index contributed by atoms with van der Waals surface area (Å²) in [5, 5.41) is 15.5. The molecule has 0 saturated heterocycles. The number of aromatic carboxylic acids is 1. The van der Waals surface area contributed by atoms with Crippen molar-refractivity contribution in [3.05, 3.63) is 64.5 Å². The van der Waals surface area contributed by atoms with Crippen molar-refractivity contribution >= 4 is 46.4 Å². The maximum Gasteiger partial charge on any atom is 0.339 e. The number of ether oxygens (including phenoxy) is 2. The van der Waals surface area contributed by atoms with E-state index in [1.165, 1.54) is 4.88 Å². The Bertz CT molecular complexity index is 1300. The second-order valence-corrected chi connectivity index (χ2v) is 9.88. The number of carboxylic acid groups (broad SMARTS) is 1. The van der Waals surface area contributed by atoms with Crippen LogP contribution in [0.5, 0.6) is 5.75 Å². The lowest BCUT2D eigenvalue weighted by Crippen LogP contribution is -2.05. The van der Waals surface area contributed by atoms with Gasteiger partial charge >= 0.3 is 5.97 Å². The van der Waals surface area contributed by atoms with Crippen molar-refractivity contribution in [3.63, 3.8) is 0 Å². The number of rotatable bonds is 10. The van der Waals surface area contributed by atoms with Gasteiger partial charge in [-0.25, -0.2) is 14.8 Å². The topological polar surface area (TPSA) is 111 Å². The Morgan fingerprint density at radius 1 is 1.17 bits per heavy atom. The highest BCUT2D eigenvalue weighted by Gasteiger charge is 2.30. The van der Waals surface area contributed by atoms with Crippen molar-refractivity contribution in [1.82, 2.24) is 9.97 Å². The van der Waals surface area contributed by atoms with Crippen LogP contribution in [0.3, 0.4) is 0 Å². The lowest BCUT2D eigenvalue weighted by Gasteiger charge is -2.08. The molecule has 5 rings (SSSR count). The summed E-state index contributed by atoms with van der Waals surface area (Å²) in [7, 11) is 1.65. The van der Waals surface area contributed by atoms with Crippen molar-refractivity contribution in [3.8, 4) is 27.4 Å². The number of carboxylic acids is 1. The van der Waals surface area contributed by atoms with Gasteiger partial charge in [0.2, 0.25) is 0 Å². The predicted octanol–water partition coefficient (Wildman–Crippen LogP) is 6.09. The molecule has 4 aromatic rings. The Labute approximate surface area is 216 Å². The van der Waals surface area contributed by atoms with E-state index in [-0.39, 0.29) is 11.4 Å². The van der Waals surface area contributed by atoms with Crippen LogP contribution < -0.4 is 10.1 Å². The summed E-state index contributed by atoms with van der Waals surface area (Å²) < 4.78 is 10.7. The predicted molar refractivity (Wildman–Crippen MR) is 142 cm³/mol. The van der Waals surface area contributed by atoms with Gasteiger partial charge in [-0.15, -0.1) is 22.7 Å². The summed E-state index contributed by atoms with van der Waals surface area (Å²) in [6.07, 6.45) is 3.97. The molecule has 0 unspecified atom stereocenters. The van der Waals surface area contributed by atoms with Gasteiger partial charge in [-0.05, 0) is 60.5 Å². The van der Waals surface area contributed by atoms with Crippen LogP contribution in [-0.4, -0.2) is 48.2 Å². The molecule has 1 saturated carbocycles. The largest absolute Gasteiger partial charge is 0.491 e. The zero-order valence-corrected chi connectivity index (χ0v) is 21.2. The van der Waals surface area contributed by atoms with Crippen LogP contribution in [-0.2, 0) is 9.53 Å². The fraction of sp³-hybridized carbons (Fsp3) is 0.231. The van der Waals surface area contributed by atoms with E-state index in [1.807, 2.05) is 48.6 Å². The second-order valence-electron chi connectivity index (χ2n) is 7.90. The molecule has 3 heterocycles. The van der Waals surface area contributed by atoms with Crippen LogP contribution >= 0.6 is 22.7 Å². The highest BCUT2D eigenvalue weighted by atomic mass is 32.1. The molecule has 0 amide bonds. The SMILES string of the molecule is C=O.COCCOc1ccc(-c2nc(Nc3ncc(-c4cccs4)cc3C(=O)O)sc2C2CC2)cc1. The monoisotopic (exact) mass is 523 g/mol. The molecule has 2 N–H and O–H groups in total. The molecule has 3 aromatic heterocycles. The highest BCUT2D eigenvalue weighted by molar-refractivity contribution is 7.16. The number of methoxy groups -OCH3 is 1. The van der Waals surface area contributed by atoms with Gasteiger partial charge in [0, 0.05) is 34.2 Å². The number of hydrogen-bond donors (Lipinski definition) is 2. The summed E-state index contributed by atoms with van der Waals surface area (Å²) in [4.78, 5) is 31.4. The average molecular weight is 524 g/mol. The van der Waals surface area contributed by atoms with Gasteiger partial charge in [-0.1, -0.05) is 6.07 Å². The molecular formula is C26H25N3O5S2. The Balaban J connectivity index is 0.00000148. The van der Waals surface area contributed by atoms with Crippen molar-refractivity contribution in [2.24, 2.45) is 0 Å². The van der Waals surface area contributed by atoms with Crippen molar-refractivity contribution < 1.29 is 24.2 Å². The lowest BCUT2D eigenvalue weighted by molar-refractivity contribution is -0.0980. The Morgan fingerprint density at radius 3 is 2.58 bits per heavy atom. The van der Waals surface area contributed by atoms with Gasteiger partial charge in [0.15, 0.2) is 5.13 Å². The molecule has 1 aromatic carbocycles. The minimum absolute atomic E-state index is 0.119. The fourth-order valence-corrected chi connectivity index (χ4v) is 5.44. The molecule has 186 valence electrons. The molecule has 0 atom stereocenters. The number of carbonyl (C=O) groups is 2. The van der Waals surface area contributed by atoms with Crippen molar-refractivity contribution in [1.29, 1.82) is 0 Å². The number of nitrogens with zero attached hydrogens (tertiary/aromatic N) is 2. The maximum absolute atomic E-state index is 12.0. The summed E-state index contributed by atoms with van der Waals surface area (Å²) in [6.45, 7) is 3.04. The Hall–Kier alpha value is -3.60. The van der Waals surface area contributed by atoms with Gasteiger partial charge in [-0.2, -0.15) is 0 Å². The minimum Gasteiger partial charge on any atom is -0.491 e. The Kier molecular flexibility index (Phi) is 8.42. The molecule has 1 aliphatic carbocycles. The molecule has 0 bridgehead atoms. The quantitative estimate of drug-likeness (QED) is 0.240. The summed E-state index contributed by atoms with van der Waals surface area (Å²) >= 11 is 3.11. The van der Waals surface area contributed by atoms with Crippen LogP contribution in [0.25, 0.3) is 21.7 Å². The zero-order valence-electron chi connectivity index (χ0n) is 19.6. The van der Waals surface area contributed by atoms with E-state index in [0.717, 1.165) is 40.3 Å². The first-order chi connectivity index (χ1) is 17.6. The van der Waals surface area contributed by atoms with Crippen LogP contribution in [0.2, 0.25) is 0 Å². The second kappa shape index (κ2) is 11.9. The van der Waals surface area contributed by atoms with Crippen molar-refractivity contribution in [2.45, 2.75) is 18.8 Å². The standard InChI is InChI=1S/C25H23N3O4S2.CH2O/c1-31-10-11-32-18-8-6-15(7-9-18)21-22(16-4-5-16)34-25(27-21)28-23-19(24(29)30)13-17(14-26-23)20-3-2-12-33-20;1-2/h2-3,6-9,12-14,16H,4-5,10-11H2,1H3,(H,29,30)(H,26,27,28);1H2. The molecule has 0 aliphatic heterocycles. The van der Waals surface area contributed by atoms with E-state index in [2.05, 4.69) is 10.3 Å². The number of thiophene rings is 1. The van der Waals surface area contributed by atoms with Crippen LogP contribution in [0.4, 0.5) is 10.9 Å². The fourth-order valence-electron chi connectivity index (χ4n) is 3.57. The van der Waals surface area contributed by atoms with Gasteiger partial charge in [-0.3, -0.25) is 0 Å². The number of hydrogen-bond acceptors (Lipinski definition) is 9. The number of benzene rings is 1. The number of pyridine rings is 1. The third-order valence-electron chi connectivity index (χ3n) is 5.43. The first-order valence-corrected chi connectivity index (χ1v) is 12.9. The van der Waals surface area contributed by atoms with E-state index in [0.29, 0.717) is 24.3 Å².